The van der Waals surface area contributed by atoms with Crippen LogP contribution in [0.4, 0.5) is 82.4 Å². The summed E-state index contributed by atoms with van der Waals surface area (Å²) in [5, 5.41) is 45.9. The fourth-order valence-electron chi connectivity index (χ4n) is 10.3. The van der Waals surface area contributed by atoms with Crippen molar-refractivity contribution >= 4 is 171 Å². The van der Waals surface area contributed by atoms with Crippen molar-refractivity contribution in [1.82, 2.24) is 49.7 Å². The molecule has 2 amide bonds. The SMILES string of the molecule is C=CC(F)(F)Br.C=CC(F)(F)C(=O)C(=O)OCC.C=CC(F)(F)C(O)C(=O)OCC.C=CC(F)(F)c1nc2ccccc2[nH]c1=O.C=CC(F)(F)c1nc2ccccc2nc1Cl.C=CC(F)(F)c1nc2ccccc2nc1Cl.C=CC(F)(F)c1nc2ccccc2nc1O[C@@H]1C[C@@H](C(=O)O)N(C(=O)OC(C)(C)C)C1.CC(C)(C)OC(=O)N1C[C@H](O)C[C@H]1C(=O)O.CC(C)(C)[O-].CCOC(=O)C=O.Cl.Nc1ccccc1N.[3H]P([3H])[3H].[Na+]. The van der Waals surface area contributed by atoms with Gasteiger partial charge in [0.05, 0.1) is 98.4 Å². The van der Waals surface area contributed by atoms with Crippen molar-refractivity contribution in [1.29, 1.82) is 3.84 Å². The summed E-state index contributed by atoms with van der Waals surface area (Å²) in [5.74, 6) is -29.3. The fraction of sp³-hybridized carbons (Fsp3) is 0.358. The maximum Gasteiger partial charge on any atom is 1.00 e. The van der Waals surface area contributed by atoms with E-state index in [0.717, 1.165) is 9.80 Å². The van der Waals surface area contributed by atoms with Crippen LogP contribution in [0.3, 0.4) is 0 Å². The number of allylic oxidation sites excluding steroid dienone is 6. The van der Waals surface area contributed by atoms with E-state index in [-0.39, 0.29) is 122 Å². The number of ketones is 1. The van der Waals surface area contributed by atoms with Gasteiger partial charge in [-0.1, -0.05) is 151 Å². The van der Waals surface area contributed by atoms with Crippen LogP contribution in [0.25, 0.3) is 44.1 Å². The summed E-state index contributed by atoms with van der Waals surface area (Å²) in [7, 11) is -1.87. The number of aromatic nitrogens is 8. The molecule has 2 aliphatic rings. The Morgan fingerprint density at radius 3 is 1.18 bits per heavy atom. The number of anilines is 2. The summed E-state index contributed by atoms with van der Waals surface area (Å²) in [6.07, 6.45) is -2.96. The second kappa shape index (κ2) is 62.9. The number of ether oxygens (including phenoxy) is 6. The Morgan fingerprint density at radius 2 is 0.851 bits per heavy atom. The van der Waals surface area contributed by atoms with E-state index in [2.05, 4.69) is 100 Å². The van der Waals surface area contributed by atoms with Crippen molar-refractivity contribution in [2.45, 2.75) is 183 Å². The number of rotatable bonds is 23. The van der Waals surface area contributed by atoms with Crippen LogP contribution in [-0.2, 0) is 80.9 Å². The van der Waals surface area contributed by atoms with Crippen LogP contribution >= 0.6 is 61.3 Å². The first kappa shape index (κ1) is 134. The van der Waals surface area contributed by atoms with Crippen molar-refractivity contribution in [2.75, 3.05) is 44.4 Å². The smallest absolute Gasteiger partial charge is 0.850 e. The van der Waals surface area contributed by atoms with E-state index in [1.807, 2.05) is 28.1 Å². The molecule has 1 unspecified atom stereocenters. The van der Waals surface area contributed by atoms with Crippen LogP contribution in [0.5, 0.6) is 5.88 Å². The summed E-state index contributed by atoms with van der Waals surface area (Å²) in [4.78, 5) is 137. The number of nitrogens with two attached hydrogens (primary N) is 2. The molecule has 33 nitrogen and oxygen atoms in total. The van der Waals surface area contributed by atoms with Crippen LogP contribution in [0.1, 0.15) is 119 Å². The molecule has 808 valence electrons. The van der Waals surface area contributed by atoms with E-state index >= 15 is 0 Å². The molecule has 4 aromatic heterocycles. The van der Waals surface area contributed by atoms with Crippen molar-refractivity contribution in [3.63, 3.8) is 0 Å². The van der Waals surface area contributed by atoms with Gasteiger partial charge in [0.1, 0.15) is 29.4 Å². The number of β-amino-alcohol motifs (C(OH)–C–C–N with tert-alkyl or cyclic N) is 1. The molecular weight excluding hydrogens is 2150 g/mol. The summed E-state index contributed by atoms with van der Waals surface area (Å²) < 4.78 is 227. The third-order valence-electron chi connectivity index (χ3n) is 16.9. The Bertz CT molecular complexity index is 6000. The van der Waals surface area contributed by atoms with E-state index in [1.54, 1.807) is 172 Å². The predicted octanol–water partition coefficient (Wildman–Crippen LogP) is 15.6. The van der Waals surface area contributed by atoms with Crippen molar-refractivity contribution < 1.29 is 188 Å². The molecule has 5 aromatic carbocycles. The number of amides is 2. The zero-order chi connectivity index (χ0) is 115. The largest absolute Gasteiger partial charge is 1.00 e. The number of nitrogen functional groups attached to an aromatic ring is 2. The molecule has 2 saturated heterocycles. The molecule has 0 radical (unpaired) electrons. The van der Waals surface area contributed by atoms with E-state index in [9.17, 15) is 125 Å². The molecule has 0 bridgehead atoms. The molecule has 6 heterocycles. The maximum atomic E-state index is 14.5. The number of fused-ring (bicyclic) bond motifs is 4. The number of benzene rings is 5. The number of H-pyrrole nitrogens is 1. The van der Waals surface area contributed by atoms with Gasteiger partial charge in [-0.15, -0.1) is 18.0 Å². The van der Waals surface area contributed by atoms with Gasteiger partial charge in [0, 0.05) is 12.8 Å². The number of aliphatic hydroxyl groups excluding tert-OH is 2. The number of likely N-dealkylation sites (tertiary alicyclic amines) is 2. The van der Waals surface area contributed by atoms with E-state index < -0.39 is 179 Å². The first-order chi connectivity index (χ1) is 68.6. The zero-order valence-electron chi connectivity index (χ0n) is 84.6. The number of nitrogens with one attached hydrogen (secondary N) is 1. The van der Waals surface area contributed by atoms with E-state index in [0.29, 0.717) is 80.4 Å². The number of Topliss-reactive ketones (excluding diaryl/α,β-unsaturated/α-hetero) is 1. The molecule has 148 heavy (non-hydrogen) atoms. The summed E-state index contributed by atoms with van der Waals surface area (Å²) in [6.45, 7) is 40.0. The normalized spacial score (nSPS) is 14.5. The van der Waals surface area contributed by atoms with Crippen LogP contribution in [0.2, 0.25) is 10.3 Å². The Labute approximate surface area is 894 Å². The number of aliphatic carboxylic acids is 2. The number of para-hydroxylation sites is 10. The molecule has 5 atom stereocenters. The Balaban J connectivity index is -0.00000164. The second-order valence-electron chi connectivity index (χ2n) is 31.9. The number of aldehydes is 1. The quantitative estimate of drug-likeness (QED) is 0.00299. The molecule has 11 rings (SSSR count). The van der Waals surface area contributed by atoms with Crippen molar-refractivity contribution in [2.24, 2.45) is 0 Å². The molecule has 9 N–H and O–H groups in total. The number of carboxylic acid groups (broad SMARTS) is 2. The van der Waals surface area contributed by atoms with Crippen LogP contribution in [0.15, 0.2) is 215 Å². The first-order valence-corrected chi connectivity index (χ1v) is 43.6. The number of nitrogens with zero attached hydrogens (tertiary/aromatic N) is 9. The van der Waals surface area contributed by atoms with Crippen molar-refractivity contribution in [3.8, 4) is 5.88 Å². The Hall–Kier alpha value is -12.2. The average Bonchev–Trinajstić information content (AvgIpc) is 1.69. The fourth-order valence-corrected chi connectivity index (χ4v) is 10.8. The minimum Gasteiger partial charge on any atom is -0.850 e. The zero-order valence-corrected chi connectivity index (χ0v) is 88.5. The molecule has 0 aliphatic carbocycles. The van der Waals surface area contributed by atoms with Gasteiger partial charge in [0.25, 0.3) is 5.56 Å². The molecule has 2 fully saturated rings. The Morgan fingerprint density at radius 1 is 0.527 bits per heavy atom. The van der Waals surface area contributed by atoms with Gasteiger partial charge >= 0.3 is 118 Å². The van der Waals surface area contributed by atoms with Crippen molar-refractivity contribution in [3.05, 3.63) is 253 Å². The Kier molecular flexibility index (Phi) is 56.9. The van der Waals surface area contributed by atoms with E-state index in [1.165, 1.54) is 19.9 Å². The molecular formula is C95H110BrCl3F14N12NaO21P. The topological polar surface area (TPSA) is 495 Å². The molecule has 9 aromatic rings. The standard InChI is InChI=1S/C21H23F2N3O5.2C11H7ClF2N2.C11H8F2N2O.C10H17NO5.C7H10F2O3.C7H8F2O3.C6H8N2.C4H6O3.C4H9O.C3H3BrF2.ClH.Na.H3P/c1-5-21(22,23)16-17(25-14-9-7-6-8-13(14)24-16)30-12-10-15(18(27)28)26(11-12)19(29)31-20(2,3)4;2*1-2-11(13,14)9-10(12)16-8-6-4-3-5-7(8)15-9;1-2-11(12,13)9-10(16)15-8-6-4-3-5-7(8)14-9;1-10(2,3)16-9(15)11-5-6(12)4-7(11)8(13)14;2*1-3-7(8,9)5(10)6(11)12-4-2;7-5-3-1-2-4-6(5)8;1-2-7-4(6)3-5;1-4(2,3)5;1-2-3(4,5)6;;;/h5-9,12,15H,1,10-11H2,2-4H3,(H,27,28);2*2-6H,1H2;2-6H,1H2,(H,15,16);6-7,12H,4-5H2,1-3H3,(H,13,14);3,5,10H,1,4H2,2H3;3H,1,4H2,2H3;1-4H,7-8H2;3H,2H2,1H3;1-3H3;2H,1H2;1H;;1H3/q;;;;;;;;;-1;;;+1;/t12-,15+;;;;6-,7+;;;;;;;;;/m1...1........./s1/i;;;;;;;;;;;;;1T3. The molecule has 0 spiro atoms. The first-order valence-electron chi connectivity index (χ1n) is 43.4. The van der Waals surface area contributed by atoms with Crippen LogP contribution < -0.4 is 56.4 Å². The number of carbonyl (C=O) groups excluding carboxylic acids is 7. The number of halogens is 18. The van der Waals surface area contributed by atoms with Crippen LogP contribution in [-0.4, -0.2) is 225 Å². The maximum absolute atomic E-state index is 14.5. The van der Waals surface area contributed by atoms with Gasteiger partial charge in [-0.3, -0.25) is 24.2 Å². The number of aliphatic hydroxyl groups is 2. The minimum atomic E-state index is -3.83. The molecule has 53 heteroatoms. The monoisotopic (exact) mass is 2260 g/mol. The van der Waals surface area contributed by atoms with Gasteiger partial charge in [0.15, 0.2) is 33.1 Å². The van der Waals surface area contributed by atoms with Gasteiger partial charge in [-0.25, -0.2) is 68.4 Å². The number of hydrogen-bond acceptors (Lipinski definition) is 28. The van der Waals surface area contributed by atoms with Gasteiger partial charge < -0.3 is 70.4 Å². The van der Waals surface area contributed by atoms with Gasteiger partial charge in [-0.05, 0) is 181 Å². The second-order valence-corrected chi connectivity index (χ2v) is 33.7. The number of aromatic amines is 1. The number of esters is 3. The summed E-state index contributed by atoms with van der Waals surface area (Å²) in [5.41, 5.74) is 9.27. The number of alkyl halides is 15. The molecule has 2 aliphatic heterocycles. The summed E-state index contributed by atoms with van der Waals surface area (Å²) in [6, 6.07) is 31.3. The summed E-state index contributed by atoms with van der Waals surface area (Å²) >= 11 is 13.4. The number of carboxylic acids is 2. The number of hydrogen-bond donors (Lipinski definition) is 7. The van der Waals surface area contributed by atoms with E-state index in [4.69, 9.17) is 62.9 Å². The third kappa shape index (κ3) is 48.4. The molecule has 0 saturated carbocycles. The average molecular weight is 2270 g/mol. The van der Waals surface area contributed by atoms with Gasteiger partial charge in [0.2, 0.25) is 18.3 Å². The van der Waals surface area contributed by atoms with Crippen LogP contribution in [0, 0.1) is 0 Å². The third-order valence-corrected chi connectivity index (χ3v) is 17.8. The minimum absolute atomic E-state index is 0. The number of carbonyl (C=O) groups is 9. The predicted molar refractivity (Wildman–Crippen MR) is 530 cm³/mol. The van der Waals surface area contributed by atoms with Gasteiger partial charge in [-0.2, -0.15) is 71.2 Å².